The van der Waals surface area contributed by atoms with Crippen molar-refractivity contribution in [3.8, 4) is 5.75 Å². The number of carbonyl (C=O) groups excluding carboxylic acids is 1. The summed E-state index contributed by atoms with van der Waals surface area (Å²) in [6, 6.07) is 7.24. The van der Waals surface area contributed by atoms with Crippen LogP contribution in [0.2, 0.25) is 0 Å². The average molecular weight is 324 g/mol. The number of methoxy groups -OCH3 is 1. The molecular weight excluding hydrogens is 299 g/mol. The summed E-state index contributed by atoms with van der Waals surface area (Å²) in [7, 11) is 1.62. The second kappa shape index (κ2) is 9.47. The van der Waals surface area contributed by atoms with E-state index in [1.165, 1.54) is 0 Å². The summed E-state index contributed by atoms with van der Waals surface area (Å²) in [5, 5.41) is 0. The SMILES string of the molecule is COCCOc1cccc(C(=O)N2CCN(CCCF)CC2)c1. The zero-order valence-electron chi connectivity index (χ0n) is 13.7. The van der Waals surface area contributed by atoms with Crippen LogP contribution in [0.15, 0.2) is 24.3 Å². The maximum Gasteiger partial charge on any atom is 0.254 e. The van der Waals surface area contributed by atoms with E-state index >= 15 is 0 Å². The van der Waals surface area contributed by atoms with Crippen LogP contribution in [0.4, 0.5) is 4.39 Å². The summed E-state index contributed by atoms with van der Waals surface area (Å²) in [6.07, 6.45) is 0.564. The third-order valence-electron chi connectivity index (χ3n) is 3.90. The maximum atomic E-state index is 12.6. The van der Waals surface area contributed by atoms with E-state index in [0.717, 1.165) is 19.6 Å². The van der Waals surface area contributed by atoms with Gasteiger partial charge in [-0.15, -0.1) is 0 Å². The fourth-order valence-corrected chi connectivity index (χ4v) is 2.60. The second-order valence-corrected chi connectivity index (χ2v) is 5.55. The number of hydrogen-bond donors (Lipinski definition) is 0. The Kier molecular flexibility index (Phi) is 7.29. The van der Waals surface area contributed by atoms with E-state index in [9.17, 15) is 9.18 Å². The summed E-state index contributed by atoms with van der Waals surface area (Å²) in [5.74, 6) is 0.696. The maximum absolute atomic E-state index is 12.6. The van der Waals surface area contributed by atoms with Gasteiger partial charge in [0.2, 0.25) is 0 Å². The summed E-state index contributed by atoms with van der Waals surface area (Å²) in [5.41, 5.74) is 0.636. The number of amides is 1. The van der Waals surface area contributed by atoms with E-state index in [1.807, 2.05) is 17.0 Å². The minimum atomic E-state index is -0.283. The lowest BCUT2D eigenvalue weighted by Gasteiger charge is -2.34. The molecule has 1 aliphatic rings. The Labute approximate surface area is 137 Å². The highest BCUT2D eigenvalue weighted by Crippen LogP contribution is 2.16. The zero-order chi connectivity index (χ0) is 16.5. The number of carbonyl (C=O) groups is 1. The highest BCUT2D eigenvalue weighted by atomic mass is 19.1. The van der Waals surface area contributed by atoms with Gasteiger partial charge in [0.15, 0.2) is 0 Å². The predicted octanol–water partition coefficient (Wildman–Crippen LogP) is 1.83. The molecule has 5 nitrogen and oxygen atoms in total. The van der Waals surface area contributed by atoms with Crippen molar-refractivity contribution in [3.05, 3.63) is 29.8 Å². The highest BCUT2D eigenvalue weighted by Gasteiger charge is 2.22. The number of alkyl halides is 1. The molecule has 0 atom stereocenters. The van der Waals surface area contributed by atoms with Gasteiger partial charge < -0.3 is 14.4 Å². The molecule has 1 fully saturated rings. The average Bonchev–Trinajstić information content (AvgIpc) is 2.60. The molecule has 2 rings (SSSR count). The highest BCUT2D eigenvalue weighted by molar-refractivity contribution is 5.94. The normalized spacial score (nSPS) is 15.7. The second-order valence-electron chi connectivity index (χ2n) is 5.55. The Balaban J connectivity index is 1.87. The van der Waals surface area contributed by atoms with Gasteiger partial charge in [-0.2, -0.15) is 0 Å². The number of hydrogen-bond acceptors (Lipinski definition) is 4. The van der Waals surface area contributed by atoms with Gasteiger partial charge in [-0.1, -0.05) is 6.07 Å². The number of benzene rings is 1. The van der Waals surface area contributed by atoms with Crippen LogP contribution < -0.4 is 4.74 Å². The van der Waals surface area contributed by atoms with E-state index in [0.29, 0.717) is 44.0 Å². The molecule has 0 unspecified atom stereocenters. The summed E-state index contributed by atoms with van der Waals surface area (Å²) < 4.78 is 22.7. The standard InChI is InChI=1S/C17H25FN2O3/c1-22-12-13-23-16-5-2-4-15(14-16)17(21)20-10-8-19(9-11-20)7-3-6-18/h2,4-5,14H,3,6-13H2,1H3. The van der Waals surface area contributed by atoms with E-state index in [2.05, 4.69) is 4.90 Å². The van der Waals surface area contributed by atoms with E-state index in [-0.39, 0.29) is 12.6 Å². The fourth-order valence-electron chi connectivity index (χ4n) is 2.60. The molecule has 0 N–H and O–H groups in total. The van der Waals surface area contributed by atoms with Gasteiger partial charge >= 0.3 is 0 Å². The van der Waals surface area contributed by atoms with Crippen LogP contribution in [0.3, 0.4) is 0 Å². The van der Waals surface area contributed by atoms with Crippen LogP contribution in [0.1, 0.15) is 16.8 Å². The van der Waals surface area contributed by atoms with Gasteiger partial charge in [0.05, 0.1) is 13.3 Å². The van der Waals surface area contributed by atoms with Crippen molar-refractivity contribution in [1.82, 2.24) is 9.80 Å². The van der Waals surface area contributed by atoms with Crippen molar-refractivity contribution in [3.63, 3.8) is 0 Å². The molecule has 128 valence electrons. The quantitative estimate of drug-likeness (QED) is 0.684. The first-order chi connectivity index (χ1) is 11.2. The van der Waals surface area contributed by atoms with Crippen molar-refractivity contribution in [2.24, 2.45) is 0 Å². The van der Waals surface area contributed by atoms with Crippen LogP contribution in [-0.4, -0.2) is 75.4 Å². The monoisotopic (exact) mass is 324 g/mol. The molecule has 1 saturated heterocycles. The van der Waals surface area contributed by atoms with Crippen molar-refractivity contribution in [2.75, 3.05) is 59.7 Å². The van der Waals surface area contributed by atoms with Crippen LogP contribution in [0, 0.1) is 0 Å². The van der Waals surface area contributed by atoms with Crippen molar-refractivity contribution >= 4 is 5.91 Å². The number of halogens is 1. The molecule has 1 aliphatic heterocycles. The Morgan fingerprint density at radius 2 is 2.00 bits per heavy atom. The van der Waals surface area contributed by atoms with Gasteiger partial charge in [0, 0.05) is 45.4 Å². The molecular formula is C17H25FN2O3. The number of ether oxygens (including phenoxy) is 2. The van der Waals surface area contributed by atoms with E-state index in [1.54, 1.807) is 19.2 Å². The van der Waals surface area contributed by atoms with Crippen LogP contribution in [-0.2, 0) is 4.74 Å². The zero-order valence-corrected chi connectivity index (χ0v) is 13.7. The molecule has 6 heteroatoms. The molecule has 1 amide bonds. The van der Waals surface area contributed by atoms with E-state index < -0.39 is 0 Å². The van der Waals surface area contributed by atoms with Gasteiger partial charge in [0.1, 0.15) is 12.4 Å². The summed E-state index contributed by atoms with van der Waals surface area (Å²) >= 11 is 0. The van der Waals surface area contributed by atoms with Crippen LogP contribution in [0.25, 0.3) is 0 Å². The Morgan fingerprint density at radius 3 is 2.70 bits per heavy atom. The third-order valence-corrected chi connectivity index (χ3v) is 3.90. The lowest BCUT2D eigenvalue weighted by molar-refractivity contribution is 0.0633. The summed E-state index contributed by atoms with van der Waals surface area (Å²) in [6.45, 7) is 4.42. The topological polar surface area (TPSA) is 42.0 Å². The first kappa shape index (κ1) is 17.7. The van der Waals surface area contributed by atoms with Crippen molar-refractivity contribution in [2.45, 2.75) is 6.42 Å². The Hall–Kier alpha value is -1.66. The predicted molar refractivity (Wildman–Crippen MR) is 86.7 cm³/mol. The lowest BCUT2D eigenvalue weighted by atomic mass is 10.1. The molecule has 23 heavy (non-hydrogen) atoms. The van der Waals surface area contributed by atoms with Gasteiger partial charge in [0.25, 0.3) is 5.91 Å². The minimum Gasteiger partial charge on any atom is -0.491 e. The van der Waals surface area contributed by atoms with Crippen molar-refractivity contribution in [1.29, 1.82) is 0 Å². The Bertz CT molecular complexity index is 490. The molecule has 0 aliphatic carbocycles. The molecule has 0 spiro atoms. The molecule has 0 saturated carbocycles. The largest absolute Gasteiger partial charge is 0.491 e. The van der Waals surface area contributed by atoms with Gasteiger partial charge in [-0.3, -0.25) is 14.1 Å². The lowest BCUT2D eigenvalue weighted by Crippen LogP contribution is -2.48. The molecule has 0 bridgehead atoms. The molecule has 1 heterocycles. The first-order valence-corrected chi connectivity index (χ1v) is 8.04. The molecule has 1 aromatic rings. The summed E-state index contributed by atoms with van der Waals surface area (Å²) in [4.78, 5) is 16.6. The fraction of sp³-hybridized carbons (Fsp3) is 0.588. The van der Waals surface area contributed by atoms with Gasteiger partial charge in [-0.25, -0.2) is 0 Å². The number of nitrogens with zero attached hydrogens (tertiary/aromatic N) is 2. The third kappa shape index (κ3) is 5.48. The molecule has 0 aromatic heterocycles. The smallest absolute Gasteiger partial charge is 0.254 e. The van der Waals surface area contributed by atoms with E-state index in [4.69, 9.17) is 9.47 Å². The molecule has 0 radical (unpaired) electrons. The number of rotatable bonds is 8. The Morgan fingerprint density at radius 1 is 1.22 bits per heavy atom. The van der Waals surface area contributed by atoms with Crippen molar-refractivity contribution < 1.29 is 18.7 Å². The number of piperazine rings is 1. The van der Waals surface area contributed by atoms with Crippen LogP contribution >= 0.6 is 0 Å². The van der Waals surface area contributed by atoms with Gasteiger partial charge in [-0.05, 0) is 24.6 Å². The first-order valence-electron chi connectivity index (χ1n) is 8.04. The minimum absolute atomic E-state index is 0.0207. The van der Waals surface area contributed by atoms with Crippen LogP contribution in [0.5, 0.6) is 5.75 Å². The molecule has 1 aromatic carbocycles.